The topological polar surface area (TPSA) is 38.3 Å². The highest BCUT2D eigenvalue weighted by Crippen LogP contribution is 2.08. The van der Waals surface area contributed by atoms with Gasteiger partial charge in [0.15, 0.2) is 0 Å². The molecule has 0 saturated heterocycles. The van der Waals surface area contributed by atoms with E-state index in [0.717, 1.165) is 0 Å². The van der Waals surface area contributed by atoms with Crippen LogP contribution in [0.4, 0.5) is 0 Å². The summed E-state index contributed by atoms with van der Waals surface area (Å²) in [6.45, 7) is 6.62. The number of benzene rings is 1. The fourth-order valence-corrected chi connectivity index (χ4v) is 1.70. The van der Waals surface area contributed by atoms with Gasteiger partial charge in [0, 0.05) is 6.54 Å². The van der Waals surface area contributed by atoms with Crippen molar-refractivity contribution in [3.63, 3.8) is 0 Å². The van der Waals surface area contributed by atoms with Crippen LogP contribution < -0.4 is 5.32 Å². The van der Waals surface area contributed by atoms with E-state index in [4.69, 9.17) is 0 Å². The number of carbonyl (C=O) groups is 1. The maximum absolute atomic E-state index is 11.2. The molecule has 0 aliphatic rings. The molecule has 0 spiro atoms. The van der Waals surface area contributed by atoms with E-state index in [9.17, 15) is 4.79 Å². The molecule has 1 rings (SSSR count). The van der Waals surface area contributed by atoms with Crippen molar-refractivity contribution in [2.45, 2.75) is 33.4 Å². The molecule has 3 nitrogen and oxygen atoms in total. The van der Waals surface area contributed by atoms with Crippen molar-refractivity contribution >= 4 is 5.97 Å². The quantitative estimate of drug-likeness (QED) is 0.790. The Morgan fingerprint density at radius 3 is 2.38 bits per heavy atom. The minimum atomic E-state index is -0.272. The summed E-state index contributed by atoms with van der Waals surface area (Å²) < 4.78 is 4.65. The average Bonchev–Trinajstić information content (AvgIpc) is 2.23. The second-order valence-electron chi connectivity index (χ2n) is 4.12. The van der Waals surface area contributed by atoms with Crippen molar-refractivity contribution in [3.8, 4) is 0 Å². The molecule has 1 atom stereocenters. The predicted octanol–water partition coefficient (Wildman–Crippen LogP) is 1.95. The monoisotopic (exact) mass is 221 g/mol. The first kappa shape index (κ1) is 12.7. The van der Waals surface area contributed by atoms with E-state index in [0.29, 0.717) is 6.54 Å². The lowest BCUT2D eigenvalue weighted by atomic mass is 10.1. The van der Waals surface area contributed by atoms with Gasteiger partial charge in [0.05, 0.1) is 7.11 Å². The van der Waals surface area contributed by atoms with Gasteiger partial charge in [-0.2, -0.15) is 0 Å². The van der Waals surface area contributed by atoms with Crippen molar-refractivity contribution < 1.29 is 9.53 Å². The standard InChI is InChI=1S/C13H19NO2/c1-9-5-10(2)7-12(6-9)8-14-11(3)13(15)16-4/h5-7,11,14H,8H2,1-4H3/t11-/m0/s1. The van der Waals surface area contributed by atoms with Crippen molar-refractivity contribution in [2.75, 3.05) is 7.11 Å². The molecule has 0 aliphatic carbocycles. The summed E-state index contributed by atoms with van der Waals surface area (Å²) in [7, 11) is 1.40. The lowest BCUT2D eigenvalue weighted by molar-refractivity contribution is -0.142. The van der Waals surface area contributed by atoms with Crippen molar-refractivity contribution in [2.24, 2.45) is 0 Å². The molecule has 0 radical (unpaired) electrons. The smallest absolute Gasteiger partial charge is 0.322 e. The molecular formula is C13H19NO2. The zero-order valence-electron chi connectivity index (χ0n) is 10.3. The number of carbonyl (C=O) groups excluding carboxylic acids is 1. The Morgan fingerprint density at radius 2 is 1.88 bits per heavy atom. The Kier molecular flexibility index (Phi) is 4.50. The number of rotatable bonds is 4. The van der Waals surface area contributed by atoms with E-state index in [1.165, 1.54) is 23.8 Å². The number of ether oxygens (including phenoxy) is 1. The van der Waals surface area contributed by atoms with Crippen LogP contribution in [0.5, 0.6) is 0 Å². The second-order valence-corrected chi connectivity index (χ2v) is 4.12. The molecule has 3 heteroatoms. The molecule has 0 aromatic heterocycles. The Bertz CT molecular complexity index is 354. The summed E-state index contributed by atoms with van der Waals surface area (Å²) in [6, 6.07) is 6.09. The summed E-state index contributed by atoms with van der Waals surface area (Å²) in [5.74, 6) is -0.232. The highest BCUT2D eigenvalue weighted by atomic mass is 16.5. The van der Waals surface area contributed by atoms with E-state index < -0.39 is 0 Å². The zero-order chi connectivity index (χ0) is 12.1. The molecular weight excluding hydrogens is 202 g/mol. The van der Waals surface area contributed by atoms with Gasteiger partial charge in [-0.1, -0.05) is 29.3 Å². The lowest BCUT2D eigenvalue weighted by Crippen LogP contribution is -2.34. The minimum Gasteiger partial charge on any atom is -0.468 e. The van der Waals surface area contributed by atoms with Crippen LogP contribution >= 0.6 is 0 Å². The summed E-state index contributed by atoms with van der Waals surface area (Å²) in [4.78, 5) is 11.2. The third-order valence-corrected chi connectivity index (χ3v) is 2.45. The van der Waals surface area contributed by atoms with Crippen LogP contribution in [0.15, 0.2) is 18.2 Å². The van der Waals surface area contributed by atoms with Gasteiger partial charge in [-0.25, -0.2) is 0 Å². The lowest BCUT2D eigenvalue weighted by Gasteiger charge is -2.12. The van der Waals surface area contributed by atoms with Gasteiger partial charge < -0.3 is 10.1 Å². The highest BCUT2D eigenvalue weighted by molar-refractivity contribution is 5.75. The Hall–Kier alpha value is -1.35. The molecule has 0 saturated carbocycles. The fourth-order valence-electron chi connectivity index (χ4n) is 1.70. The molecule has 1 N–H and O–H groups in total. The maximum atomic E-state index is 11.2. The predicted molar refractivity (Wildman–Crippen MR) is 64.2 cm³/mol. The van der Waals surface area contributed by atoms with Crippen LogP contribution in [-0.2, 0) is 16.1 Å². The summed E-state index contributed by atoms with van der Waals surface area (Å²) in [6.07, 6.45) is 0. The molecule has 0 unspecified atom stereocenters. The van der Waals surface area contributed by atoms with Gasteiger partial charge in [0.2, 0.25) is 0 Å². The maximum Gasteiger partial charge on any atom is 0.322 e. The first-order valence-electron chi connectivity index (χ1n) is 5.41. The van der Waals surface area contributed by atoms with Crippen molar-refractivity contribution in [1.29, 1.82) is 0 Å². The van der Waals surface area contributed by atoms with E-state index >= 15 is 0 Å². The van der Waals surface area contributed by atoms with Crippen LogP contribution in [0.25, 0.3) is 0 Å². The molecule has 0 amide bonds. The zero-order valence-corrected chi connectivity index (χ0v) is 10.3. The summed E-state index contributed by atoms with van der Waals surface area (Å²) in [5.41, 5.74) is 3.67. The van der Waals surface area contributed by atoms with Gasteiger partial charge in [0.25, 0.3) is 0 Å². The molecule has 1 aromatic carbocycles. The van der Waals surface area contributed by atoms with Crippen LogP contribution in [-0.4, -0.2) is 19.1 Å². The molecule has 1 aromatic rings. The van der Waals surface area contributed by atoms with Gasteiger partial charge in [0.1, 0.15) is 6.04 Å². The third-order valence-electron chi connectivity index (χ3n) is 2.45. The highest BCUT2D eigenvalue weighted by Gasteiger charge is 2.11. The van der Waals surface area contributed by atoms with Gasteiger partial charge in [-0.05, 0) is 26.3 Å². The van der Waals surface area contributed by atoms with Crippen molar-refractivity contribution in [3.05, 3.63) is 34.9 Å². The molecule has 16 heavy (non-hydrogen) atoms. The Morgan fingerprint density at radius 1 is 1.31 bits per heavy atom. The molecule has 0 bridgehead atoms. The SMILES string of the molecule is COC(=O)[C@H](C)NCc1cc(C)cc(C)c1. The Balaban J connectivity index is 2.57. The van der Waals surface area contributed by atoms with Gasteiger partial charge in [-0.3, -0.25) is 4.79 Å². The van der Waals surface area contributed by atoms with E-state index in [1.54, 1.807) is 6.92 Å². The summed E-state index contributed by atoms with van der Waals surface area (Å²) >= 11 is 0. The number of hydrogen-bond acceptors (Lipinski definition) is 3. The normalized spacial score (nSPS) is 12.2. The van der Waals surface area contributed by atoms with Crippen LogP contribution in [0.2, 0.25) is 0 Å². The largest absolute Gasteiger partial charge is 0.468 e. The van der Waals surface area contributed by atoms with Crippen LogP contribution in [0, 0.1) is 13.8 Å². The van der Waals surface area contributed by atoms with Crippen LogP contribution in [0.1, 0.15) is 23.6 Å². The Labute approximate surface area is 96.8 Å². The fraction of sp³-hybridized carbons (Fsp3) is 0.462. The van der Waals surface area contributed by atoms with E-state index in [-0.39, 0.29) is 12.0 Å². The number of hydrogen-bond donors (Lipinski definition) is 1. The van der Waals surface area contributed by atoms with E-state index in [2.05, 4.69) is 42.1 Å². The van der Waals surface area contributed by atoms with E-state index in [1.807, 2.05) is 0 Å². The second kappa shape index (κ2) is 5.66. The van der Waals surface area contributed by atoms with Gasteiger partial charge in [-0.15, -0.1) is 0 Å². The first-order chi connectivity index (χ1) is 7.52. The summed E-state index contributed by atoms with van der Waals surface area (Å²) in [5, 5.41) is 3.13. The number of esters is 1. The first-order valence-corrected chi connectivity index (χ1v) is 5.41. The van der Waals surface area contributed by atoms with Gasteiger partial charge >= 0.3 is 5.97 Å². The molecule has 88 valence electrons. The number of methoxy groups -OCH3 is 1. The number of nitrogens with one attached hydrogen (secondary N) is 1. The molecule has 0 aliphatic heterocycles. The minimum absolute atomic E-state index is 0.232. The third kappa shape index (κ3) is 3.66. The van der Waals surface area contributed by atoms with Crippen LogP contribution in [0.3, 0.4) is 0 Å². The average molecular weight is 221 g/mol. The molecule has 0 heterocycles. The van der Waals surface area contributed by atoms with Crippen molar-refractivity contribution in [1.82, 2.24) is 5.32 Å². The number of aryl methyl sites for hydroxylation is 2. The molecule has 0 fully saturated rings.